The number of carboxylic acid groups (broad SMARTS) is 1. The van der Waals surface area contributed by atoms with Crippen LogP contribution in [0, 0.1) is 0 Å². The van der Waals surface area contributed by atoms with Gasteiger partial charge in [-0.1, -0.05) is 25.1 Å². The van der Waals surface area contributed by atoms with Gasteiger partial charge in [0.2, 0.25) is 11.8 Å². The van der Waals surface area contributed by atoms with Crippen LogP contribution in [0.1, 0.15) is 42.8 Å². The Morgan fingerprint density at radius 2 is 2.12 bits per heavy atom. The molecule has 1 saturated heterocycles. The number of benzene rings is 1. The number of nitrogens with one attached hydrogen (secondary N) is 1. The lowest BCUT2D eigenvalue weighted by Gasteiger charge is -2.33. The van der Waals surface area contributed by atoms with Crippen molar-refractivity contribution in [3.05, 3.63) is 66.0 Å². The zero-order chi connectivity index (χ0) is 24.3. The molecule has 10 nitrogen and oxygen atoms in total. The first-order valence-corrected chi connectivity index (χ1v) is 11.2. The highest BCUT2D eigenvalue weighted by molar-refractivity contribution is 6.07. The number of carbonyl (C=O) groups is 3. The number of imidazole rings is 1. The summed E-state index contributed by atoms with van der Waals surface area (Å²) in [7, 11) is 1.85. The van der Waals surface area contributed by atoms with Crippen molar-refractivity contribution in [1.29, 1.82) is 0 Å². The zero-order valence-corrected chi connectivity index (χ0v) is 19.2. The lowest BCUT2D eigenvalue weighted by atomic mass is 9.73. The molecule has 2 aliphatic rings. The van der Waals surface area contributed by atoms with Crippen molar-refractivity contribution in [3.63, 3.8) is 0 Å². The van der Waals surface area contributed by atoms with E-state index in [0.717, 1.165) is 29.1 Å². The summed E-state index contributed by atoms with van der Waals surface area (Å²) in [5.41, 5.74) is 1.89. The smallest absolute Gasteiger partial charge is 0.290 e. The van der Waals surface area contributed by atoms with Crippen LogP contribution in [0.25, 0.3) is 0 Å². The molecule has 2 aliphatic heterocycles. The summed E-state index contributed by atoms with van der Waals surface area (Å²) >= 11 is 0. The van der Waals surface area contributed by atoms with E-state index < -0.39 is 5.41 Å². The van der Waals surface area contributed by atoms with Crippen molar-refractivity contribution >= 4 is 24.0 Å². The lowest BCUT2D eigenvalue weighted by Crippen LogP contribution is -2.42. The predicted octanol–water partition coefficient (Wildman–Crippen LogP) is 2.13. The Bertz CT molecular complexity index is 1200. The van der Waals surface area contributed by atoms with Gasteiger partial charge in [0.15, 0.2) is 0 Å². The molecule has 3 aromatic rings. The Kier molecular flexibility index (Phi) is 6.49. The van der Waals surface area contributed by atoms with Gasteiger partial charge < -0.3 is 19.9 Å². The molecule has 0 aliphatic carbocycles. The minimum absolute atomic E-state index is 0.0404. The highest BCUT2D eigenvalue weighted by Gasteiger charge is 2.59. The summed E-state index contributed by atoms with van der Waals surface area (Å²) in [6.07, 6.45) is 9.15. The number of amides is 2. The Hall–Kier alpha value is -3.95. The molecule has 5 rings (SSSR count). The van der Waals surface area contributed by atoms with Gasteiger partial charge in [0.1, 0.15) is 11.2 Å². The Morgan fingerprint density at radius 1 is 1.35 bits per heavy atom. The standard InChI is InChI=1S/C23H26N6O2.CH2O2/c1-3-19-24-10-13-28(19)11-8-20(30)29-12-9-23(21(29)16-14-25-27(2)15-16)17-6-4-5-7-18(17)26-22(23)31;2-1-3/h4-7,10,13-15,21H,3,8-9,11-12H2,1-2H3,(H,26,31);1H,(H,2,3)/t21-,23+;/m0./s1. The van der Waals surface area contributed by atoms with Crippen LogP contribution in [0.4, 0.5) is 5.69 Å². The molecule has 34 heavy (non-hydrogen) atoms. The minimum atomic E-state index is -0.793. The van der Waals surface area contributed by atoms with Gasteiger partial charge in [0, 0.05) is 62.8 Å². The van der Waals surface area contributed by atoms with E-state index in [4.69, 9.17) is 9.90 Å². The molecule has 0 unspecified atom stereocenters. The number of anilines is 1. The van der Waals surface area contributed by atoms with E-state index in [-0.39, 0.29) is 24.3 Å². The largest absolute Gasteiger partial charge is 0.483 e. The van der Waals surface area contributed by atoms with Crippen molar-refractivity contribution in [1.82, 2.24) is 24.2 Å². The quantitative estimate of drug-likeness (QED) is 0.558. The summed E-state index contributed by atoms with van der Waals surface area (Å²) in [5.74, 6) is 0.970. The molecular formula is C24H28N6O4. The molecule has 2 amide bonds. The number of aryl methyl sites for hydroxylation is 3. The highest BCUT2D eigenvalue weighted by Crippen LogP contribution is 2.54. The molecule has 1 fully saturated rings. The summed E-state index contributed by atoms with van der Waals surface area (Å²) < 4.78 is 3.75. The number of fused-ring (bicyclic) bond motifs is 2. The second-order valence-electron chi connectivity index (χ2n) is 8.40. The molecular weight excluding hydrogens is 436 g/mol. The fraction of sp³-hybridized carbons (Fsp3) is 0.375. The van der Waals surface area contributed by atoms with E-state index >= 15 is 0 Å². The summed E-state index contributed by atoms with van der Waals surface area (Å²) in [6, 6.07) is 7.43. The van der Waals surface area contributed by atoms with Crippen LogP contribution < -0.4 is 5.32 Å². The lowest BCUT2D eigenvalue weighted by molar-refractivity contribution is -0.133. The minimum Gasteiger partial charge on any atom is -0.483 e. The highest BCUT2D eigenvalue weighted by atomic mass is 16.3. The van der Waals surface area contributed by atoms with Crippen LogP contribution >= 0.6 is 0 Å². The van der Waals surface area contributed by atoms with E-state index in [1.165, 1.54) is 0 Å². The maximum Gasteiger partial charge on any atom is 0.290 e. The third kappa shape index (κ3) is 3.85. The average Bonchev–Trinajstić information content (AvgIpc) is 3.60. The molecule has 178 valence electrons. The normalized spacial score (nSPS) is 20.6. The number of likely N-dealkylation sites (tertiary alicyclic amines) is 1. The number of hydrogen-bond donors (Lipinski definition) is 2. The number of aromatic nitrogens is 4. The third-order valence-corrected chi connectivity index (χ3v) is 6.63. The average molecular weight is 465 g/mol. The molecule has 2 N–H and O–H groups in total. The monoisotopic (exact) mass is 464 g/mol. The summed E-state index contributed by atoms with van der Waals surface area (Å²) in [6.45, 7) is 2.91. The number of carbonyl (C=O) groups excluding carboxylic acids is 2. The first kappa shape index (κ1) is 23.2. The van der Waals surface area contributed by atoms with E-state index in [1.54, 1.807) is 17.1 Å². The molecule has 1 aromatic carbocycles. The van der Waals surface area contributed by atoms with Crippen LogP contribution in [-0.2, 0) is 39.8 Å². The third-order valence-electron chi connectivity index (χ3n) is 6.63. The number of rotatable bonds is 5. The maximum absolute atomic E-state index is 13.4. The van der Waals surface area contributed by atoms with Crippen molar-refractivity contribution in [2.75, 3.05) is 11.9 Å². The molecule has 10 heteroatoms. The Morgan fingerprint density at radius 3 is 2.82 bits per heavy atom. The first-order valence-electron chi connectivity index (χ1n) is 11.2. The Balaban J connectivity index is 0.000000868. The molecule has 0 bridgehead atoms. The fourth-order valence-electron chi connectivity index (χ4n) is 5.22. The molecule has 4 heterocycles. The van der Waals surface area contributed by atoms with Gasteiger partial charge in [0.05, 0.1) is 12.2 Å². The predicted molar refractivity (Wildman–Crippen MR) is 124 cm³/mol. The van der Waals surface area contributed by atoms with Crippen molar-refractivity contribution in [2.24, 2.45) is 7.05 Å². The topological polar surface area (TPSA) is 122 Å². The molecule has 2 atom stereocenters. The van der Waals surface area contributed by atoms with Crippen LogP contribution in [0.3, 0.4) is 0 Å². The molecule has 1 spiro atoms. The van der Waals surface area contributed by atoms with Gasteiger partial charge in [-0.15, -0.1) is 0 Å². The Labute approximate surface area is 197 Å². The van der Waals surface area contributed by atoms with E-state index in [2.05, 4.69) is 22.3 Å². The maximum atomic E-state index is 13.4. The van der Waals surface area contributed by atoms with Gasteiger partial charge in [0.25, 0.3) is 6.47 Å². The van der Waals surface area contributed by atoms with Gasteiger partial charge in [-0.3, -0.25) is 19.1 Å². The van der Waals surface area contributed by atoms with Crippen LogP contribution in [0.5, 0.6) is 0 Å². The summed E-state index contributed by atoms with van der Waals surface area (Å²) in [4.78, 5) is 41.4. The van der Waals surface area contributed by atoms with Crippen LogP contribution in [0.15, 0.2) is 49.1 Å². The number of nitrogens with zero attached hydrogens (tertiary/aromatic N) is 5. The first-order chi connectivity index (χ1) is 16.5. The zero-order valence-electron chi connectivity index (χ0n) is 19.2. The summed E-state index contributed by atoms with van der Waals surface area (Å²) in [5, 5.41) is 14.3. The fourth-order valence-corrected chi connectivity index (χ4v) is 5.22. The van der Waals surface area contributed by atoms with E-state index in [0.29, 0.717) is 25.9 Å². The second-order valence-corrected chi connectivity index (χ2v) is 8.40. The molecule has 0 saturated carbocycles. The van der Waals surface area contributed by atoms with Crippen LogP contribution in [-0.4, -0.2) is 54.2 Å². The van der Waals surface area contributed by atoms with Crippen LogP contribution in [0.2, 0.25) is 0 Å². The van der Waals surface area contributed by atoms with Gasteiger partial charge in [-0.05, 0) is 18.1 Å². The van der Waals surface area contributed by atoms with Gasteiger partial charge in [-0.25, -0.2) is 4.98 Å². The van der Waals surface area contributed by atoms with E-state index in [1.807, 2.05) is 53.2 Å². The van der Waals surface area contributed by atoms with Crippen molar-refractivity contribution in [3.8, 4) is 0 Å². The SMILES string of the molecule is CCc1nccn1CCC(=O)N1CC[C@]2(C(=O)Nc3ccccc32)[C@@H]1c1cnn(C)c1.O=CO. The molecule has 0 radical (unpaired) electrons. The molecule has 2 aromatic heterocycles. The van der Waals surface area contributed by atoms with Crippen molar-refractivity contribution in [2.45, 2.75) is 44.2 Å². The van der Waals surface area contributed by atoms with Gasteiger partial charge >= 0.3 is 0 Å². The van der Waals surface area contributed by atoms with Crippen molar-refractivity contribution < 1.29 is 19.5 Å². The number of para-hydroxylation sites is 1. The number of hydrogen-bond acceptors (Lipinski definition) is 5. The second kappa shape index (κ2) is 9.50. The van der Waals surface area contributed by atoms with Gasteiger partial charge in [-0.2, -0.15) is 5.10 Å². The van der Waals surface area contributed by atoms with E-state index in [9.17, 15) is 9.59 Å².